The molecule has 1 heterocycles. The molecular weight excluding hydrogens is 356 g/mol. The molecule has 0 saturated heterocycles. The smallest absolute Gasteiger partial charge is 0.297 e. The molecule has 0 atom stereocenters. The van der Waals surface area contributed by atoms with E-state index in [1.165, 1.54) is 4.57 Å². The van der Waals surface area contributed by atoms with E-state index in [0.717, 1.165) is 17.3 Å². The third-order valence-electron chi connectivity index (χ3n) is 3.93. The highest BCUT2D eigenvalue weighted by atomic mass is 79.9. The summed E-state index contributed by atoms with van der Waals surface area (Å²) in [6.07, 6.45) is 1.70. The minimum atomic E-state index is -0.428. The van der Waals surface area contributed by atoms with Gasteiger partial charge in [-0.3, -0.25) is 14.3 Å². The molecule has 1 N–H and O–H groups in total. The SMILES string of the molecule is CC1CC(n2c(=O)[nH]c(Cl)c(-c3ccc(Br)cc3)c2=O)C1. The van der Waals surface area contributed by atoms with Gasteiger partial charge in [-0.1, -0.05) is 46.6 Å². The molecule has 0 unspecified atom stereocenters. The molecular formula is C15H14BrClN2O2. The van der Waals surface area contributed by atoms with E-state index in [1.54, 1.807) is 12.1 Å². The predicted octanol–water partition coefficient (Wildman–Crippen LogP) is 3.59. The van der Waals surface area contributed by atoms with Crippen LogP contribution in [0.5, 0.6) is 0 Å². The fourth-order valence-electron chi connectivity index (χ4n) is 2.79. The lowest BCUT2D eigenvalue weighted by Crippen LogP contribution is -2.43. The van der Waals surface area contributed by atoms with Crippen LogP contribution < -0.4 is 11.2 Å². The average molecular weight is 370 g/mol. The number of benzene rings is 1. The van der Waals surface area contributed by atoms with Crippen LogP contribution in [-0.2, 0) is 0 Å². The molecule has 1 aromatic heterocycles. The largest absolute Gasteiger partial charge is 0.329 e. The van der Waals surface area contributed by atoms with Gasteiger partial charge in [0.25, 0.3) is 5.56 Å². The van der Waals surface area contributed by atoms with Crippen LogP contribution in [0.25, 0.3) is 11.1 Å². The highest BCUT2D eigenvalue weighted by molar-refractivity contribution is 9.10. The Hall–Kier alpha value is -1.33. The summed E-state index contributed by atoms with van der Waals surface area (Å²) in [6.45, 7) is 2.11. The topological polar surface area (TPSA) is 54.9 Å². The van der Waals surface area contributed by atoms with Gasteiger partial charge in [0.2, 0.25) is 0 Å². The van der Waals surface area contributed by atoms with Crippen molar-refractivity contribution in [1.29, 1.82) is 0 Å². The monoisotopic (exact) mass is 368 g/mol. The van der Waals surface area contributed by atoms with Crippen molar-refractivity contribution in [3.05, 3.63) is 54.7 Å². The minimum absolute atomic E-state index is 0.0253. The van der Waals surface area contributed by atoms with E-state index in [-0.39, 0.29) is 16.8 Å². The summed E-state index contributed by atoms with van der Waals surface area (Å²) in [5.74, 6) is 0.549. The number of H-pyrrole nitrogens is 1. The van der Waals surface area contributed by atoms with Crippen LogP contribution in [0.1, 0.15) is 25.8 Å². The number of aromatic amines is 1. The highest BCUT2D eigenvalue weighted by Gasteiger charge is 2.30. The molecule has 0 radical (unpaired) electrons. The first kappa shape index (κ1) is 14.6. The van der Waals surface area contributed by atoms with Gasteiger partial charge in [-0.25, -0.2) is 4.79 Å². The minimum Gasteiger partial charge on any atom is -0.297 e. The van der Waals surface area contributed by atoms with E-state index in [9.17, 15) is 9.59 Å². The van der Waals surface area contributed by atoms with Crippen molar-refractivity contribution >= 4 is 27.5 Å². The van der Waals surface area contributed by atoms with Crippen LogP contribution in [0.2, 0.25) is 5.15 Å². The first-order chi connectivity index (χ1) is 9.97. The van der Waals surface area contributed by atoms with E-state index in [2.05, 4.69) is 27.8 Å². The van der Waals surface area contributed by atoms with Crippen molar-refractivity contribution in [3.8, 4) is 11.1 Å². The second-order valence-electron chi connectivity index (χ2n) is 5.53. The Morgan fingerprint density at radius 2 is 1.86 bits per heavy atom. The van der Waals surface area contributed by atoms with Gasteiger partial charge >= 0.3 is 5.69 Å². The van der Waals surface area contributed by atoms with E-state index in [4.69, 9.17) is 11.6 Å². The van der Waals surface area contributed by atoms with Gasteiger partial charge in [0.15, 0.2) is 0 Å². The lowest BCUT2D eigenvalue weighted by atomic mass is 9.81. The summed E-state index contributed by atoms with van der Waals surface area (Å²) in [4.78, 5) is 27.3. The molecule has 0 aliphatic heterocycles. The van der Waals surface area contributed by atoms with Crippen LogP contribution in [-0.4, -0.2) is 9.55 Å². The van der Waals surface area contributed by atoms with E-state index < -0.39 is 5.69 Å². The van der Waals surface area contributed by atoms with Crippen molar-refractivity contribution in [2.24, 2.45) is 5.92 Å². The molecule has 1 fully saturated rings. The Morgan fingerprint density at radius 1 is 1.24 bits per heavy atom. The van der Waals surface area contributed by atoms with Gasteiger partial charge in [0, 0.05) is 10.5 Å². The summed E-state index contributed by atoms with van der Waals surface area (Å²) >= 11 is 9.45. The molecule has 0 spiro atoms. The molecule has 0 bridgehead atoms. The Labute approximate surface area is 134 Å². The molecule has 1 aliphatic rings. The molecule has 110 valence electrons. The number of hydrogen-bond donors (Lipinski definition) is 1. The van der Waals surface area contributed by atoms with Gasteiger partial charge in [0.05, 0.1) is 5.56 Å². The van der Waals surface area contributed by atoms with E-state index >= 15 is 0 Å². The maximum absolute atomic E-state index is 12.7. The summed E-state index contributed by atoms with van der Waals surface area (Å²) < 4.78 is 2.23. The molecule has 0 amide bonds. The number of hydrogen-bond acceptors (Lipinski definition) is 2. The lowest BCUT2D eigenvalue weighted by molar-refractivity contribution is 0.205. The van der Waals surface area contributed by atoms with Crippen LogP contribution in [0, 0.1) is 5.92 Å². The fourth-order valence-corrected chi connectivity index (χ4v) is 3.33. The first-order valence-corrected chi connectivity index (χ1v) is 7.94. The van der Waals surface area contributed by atoms with Crippen LogP contribution in [0.3, 0.4) is 0 Å². The number of nitrogens with one attached hydrogen (secondary N) is 1. The number of aromatic nitrogens is 2. The maximum atomic E-state index is 12.7. The summed E-state index contributed by atoms with van der Waals surface area (Å²) in [5.41, 5.74) is 0.305. The number of nitrogens with zero attached hydrogens (tertiary/aromatic N) is 1. The Balaban J connectivity index is 2.17. The van der Waals surface area contributed by atoms with Gasteiger partial charge in [0.1, 0.15) is 5.15 Å². The molecule has 4 nitrogen and oxygen atoms in total. The quantitative estimate of drug-likeness (QED) is 0.823. The van der Waals surface area contributed by atoms with Crippen LogP contribution >= 0.6 is 27.5 Å². The third kappa shape index (κ3) is 2.60. The van der Waals surface area contributed by atoms with Crippen LogP contribution in [0.15, 0.2) is 38.3 Å². The van der Waals surface area contributed by atoms with Gasteiger partial charge in [-0.15, -0.1) is 0 Å². The van der Waals surface area contributed by atoms with Crippen LogP contribution in [0.4, 0.5) is 0 Å². The lowest BCUT2D eigenvalue weighted by Gasteiger charge is -2.33. The summed E-state index contributed by atoms with van der Waals surface area (Å²) in [5, 5.41) is 0.0935. The maximum Gasteiger partial charge on any atom is 0.329 e. The average Bonchev–Trinajstić information content (AvgIpc) is 2.38. The fraction of sp³-hybridized carbons (Fsp3) is 0.333. The molecule has 21 heavy (non-hydrogen) atoms. The van der Waals surface area contributed by atoms with Crippen molar-refractivity contribution in [1.82, 2.24) is 9.55 Å². The highest BCUT2D eigenvalue weighted by Crippen LogP contribution is 2.36. The Kier molecular flexibility index (Phi) is 3.80. The van der Waals surface area contributed by atoms with Crippen molar-refractivity contribution < 1.29 is 0 Å². The molecule has 2 aromatic rings. The third-order valence-corrected chi connectivity index (χ3v) is 4.75. The Bertz CT molecular complexity index is 789. The second-order valence-corrected chi connectivity index (χ2v) is 6.83. The zero-order chi connectivity index (χ0) is 15.1. The van der Waals surface area contributed by atoms with Gasteiger partial charge < -0.3 is 0 Å². The normalized spacial score (nSPS) is 21.1. The van der Waals surface area contributed by atoms with Crippen molar-refractivity contribution in [2.45, 2.75) is 25.8 Å². The molecule has 6 heteroatoms. The molecule has 3 rings (SSSR count). The predicted molar refractivity (Wildman–Crippen MR) is 86.9 cm³/mol. The van der Waals surface area contributed by atoms with Gasteiger partial charge in [-0.2, -0.15) is 0 Å². The van der Waals surface area contributed by atoms with Crippen molar-refractivity contribution in [3.63, 3.8) is 0 Å². The summed E-state index contributed by atoms with van der Waals surface area (Å²) in [6, 6.07) is 7.26. The zero-order valence-corrected chi connectivity index (χ0v) is 13.7. The molecule has 1 saturated carbocycles. The standard InChI is InChI=1S/C15H14BrClN2O2/c1-8-6-11(7-8)19-14(20)12(13(17)18-15(19)21)9-2-4-10(16)5-3-9/h2-5,8,11H,6-7H2,1H3,(H,18,21). The number of halogens is 2. The van der Waals surface area contributed by atoms with Crippen molar-refractivity contribution in [2.75, 3.05) is 0 Å². The number of rotatable bonds is 2. The first-order valence-electron chi connectivity index (χ1n) is 6.77. The van der Waals surface area contributed by atoms with E-state index in [1.807, 2.05) is 12.1 Å². The zero-order valence-electron chi connectivity index (χ0n) is 11.4. The summed E-state index contributed by atoms with van der Waals surface area (Å²) in [7, 11) is 0. The van der Waals surface area contributed by atoms with Gasteiger partial charge in [-0.05, 0) is 36.5 Å². The molecule has 1 aromatic carbocycles. The molecule has 1 aliphatic carbocycles. The van der Waals surface area contributed by atoms with E-state index in [0.29, 0.717) is 17.0 Å². The Morgan fingerprint density at radius 3 is 2.43 bits per heavy atom. The second kappa shape index (κ2) is 5.46.